The van der Waals surface area contributed by atoms with Crippen LogP contribution >= 0.6 is 23.4 Å². The zero-order valence-corrected chi connectivity index (χ0v) is 14.8. The Balaban J connectivity index is 0.000000277. The summed E-state index contributed by atoms with van der Waals surface area (Å²) in [6, 6.07) is 6.40. The number of nitrogens with zero attached hydrogens (tertiary/aromatic N) is 1. The molecule has 2 bridgehead atoms. The van der Waals surface area contributed by atoms with E-state index in [1.165, 1.54) is 12.8 Å². The Kier molecular flexibility index (Phi) is 6.29. The Hall–Kier alpha value is -1.38. The van der Waals surface area contributed by atoms with Crippen LogP contribution in [0.25, 0.3) is 0 Å². The zero-order valence-electron chi connectivity index (χ0n) is 13.2. The van der Waals surface area contributed by atoms with Crippen LogP contribution in [-0.2, 0) is 4.79 Å². The van der Waals surface area contributed by atoms with Gasteiger partial charge >= 0.3 is 12.1 Å². The second kappa shape index (κ2) is 7.88. The lowest BCUT2D eigenvalue weighted by atomic mass is 10.0. The van der Waals surface area contributed by atoms with E-state index in [1.54, 1.807) is 12.1 Å². The molecule has 4 nitrogen and oxygen atoms in total. The van der Waals surface area contributed by atoms with Crippen LogP contribution in [0.3, 0.4) is 0 Å². The molecule has 25 heavy (non-hydrogen) atoms. The molecule has 0 saturated carbocycles. The number of carbonyl (C=O) groups is 1. The Bertz CT molecular complexity index is 653. The van der Waals surface area contributed by atoms with Crippen LogP contribution < -0.4 is 0 Å². The number of hydrogen-bond acceptors (Lipinski definition) is 4. The lowest BCUT2D eigenvalue weighted by Gasteiger charge is -2.36. The highest BCUT2D eigenvalue weighted by molar-refractivity contribution is 8.00. The van der Waals surface area contributed by atoms with Crippen molar-refractivity contribution < 1.29 is 28.2 Å². The Morgan fingerprint density at radius 2 is 1.80 bits per heavy atom. The maximum atomic E-state index is 10.6. The molecule has 0 aliphatic carbocycles. The minimum atomic E-state index is -5.08. The van der Waals surface area contributed by atoms with Crippen molar-refractivity contribution in [1.29, 1.82) is 0 Å². The predicted molar refractivity (Wildman–Crippen MR) is 90.2 cm³/mol. The number of aliphatic carboxylic acids is 1. The third-order valence-electron chi connectivity index (χ3n) is 4.06. The van der Waals surface area contributed by atoms with Crippen LogP contribution in [0, 0.1) is 0 Å². The summed E-state index contributed by atoms with van der Waals surface area (Å²) in [5.41, 5.74) is 0. The molecule has 1 saturated heterocycles. The molecule has 1 aromatic rings. The van der Waals surface area contributed by atoms with Gasteiger partial charge in [-0.05, 0) is 38.1 Å². The van der Waals surface area contributed by atoms with Gasteiger partial charge in [-0.15, -0.1) is 11.8 Å². The Morgan fingerprint density at radius 1 is 1.28 bits per heavy atom. The maximum Gasteiger partial charge on any atom is 0.490 e. The van der Waals surface area contributed by atoms with E-state index in [-0.39, 0.29) is 5.75 Å². The number of carboxylic acids is 1. The maximum absolute atomic E-state index is 10.6. The van der Waals surface area contributed by atoms with Crippen molar-refractivity contribution >= 4 is 29.3 Å². The fraction of sp³-hybridized carbons (Fsp3) is 0.438. The summed E-state index contributed by atoms with van der Waals surface area (Å²) in [7, 11) is 2.20. The molecule has 2 aliphatic rings. The van der Waals surface area contributed by atoms with Gasteiger partial charge in [0.15, 0.2) is 0 Å². The van der Waals surface area contributed by atoms with E-state index in [9.17, 15) is 18.3 Å². The topological polar surface area (TPSA) is 60.8 Å². The summed E-state index contributed by atoms with van der Waals surface area (Å²) in [6.45, 7) is 0. The third kappa shape index (κ3) is 5.29. The van der Waals surface area contributed by atoms with E-state index in [1.807, 2.05) is 17.8 Å². The number of phenols is 1. The number of phenolic OH excluding ortho intramolecular Hbond substituents is 1. The van der Waals surface area contributed by atoms with Crippen molar-refractivity contribution in [3.63, 3.8) is 0 Å². The first-order chi connectivity index (χ1) is 11.6. The Morgan fingerprint density at radius 3 is 2.24 bits per heavy atom. The summed E-state index contributed by atoms with van der Waals surface area (Å²) in [4.78, 5) is 12.4. The number of thioether (sulfide) groups is 1. The van der Waals surface area contributed by atoms with E-state index in [2.05, 4.69) is 24.1 Å². The van der Waals surface area contributed by atoms with Crippen LogP contribution in [0.5, 0.6) is 5.75 Å². The fourth-order valence-electron chi connectivity index (χ4n) is 2.76. The van der Waals surface area contributed by atoms with Gasteiger partial charge in [0.2, 0.25) is 0 Å². The summed E-state index contributed by atoms with van der Waals surface area (Å²) >= 11 is 8.00. The highest BCUT2D eigenvalue weighted by atomic mass is 35.5. The van der Waals surface area contributed by atoms with Gasteiger partial charge in [0.25, 0.3) is 0 Å². The molecule has 3 rings (SSSR count). The molecule has 1 fully saturated rings. The number of alkyl halides is 3. The van der Waals surface area contributed by atoms with Crippen LogP contribution in [0.15, 0.2) is 35.2 Å². The summed E-state index contributed by atoms with van der Waals surface area (Å²) in [6.07, 6.45) is 1.91. The molecule has 1 unspecified atom stereocenters. The van der Waals surface area contributed by atoms with Crippen molar-refractivity contribution in [3.8, 4) is 5.75 Å². The number of benzene rings is 1. The highest BCUT2D eigenvalue weighted by Gasteiger charge is 2.38. The first-order valence-electron chi connectivity index (χ1n) is 7.43. The van der Waals surface area contributed by atoms with Crippen molar-refractivity contribution in [3.05, 3.63) is 35.4 Å². The number of aromatic hydroxyl groups is 1. The van der Waals surface area contributed by atoms with Crippen LogP contribution in [0.4, 0.5) is 13.2 Å². The molecule has 3 atom stereocenters. The number of piperidine rings is 1. The molecule has 0 radical (unpaired) electrons. The molecule has 2 aliphatic heterocycles. The fourth-order valence-corrected chi connectivity index (χ4v) is 4.33. The summed E-state index contributed by atoms with van der Waals surface area (Å²) in [5.74, 6) is -2.53. The number of fused-ring (bicyclic) bond motifs is 2. The molecular weight excluding hydrogens is 379 g/mol. The van der Waals surface area contributed by atoms with Gasteiger partial charge < -0.3 is 10.2 Å². The molecular formula is C16H17ClF3NO3S. The predicted octanol–water partition coefficient (Wildman–Crippen LogP) is 4.17. The summed E-state index contributed by atoms with van der Waals surface area (Å²) in [5, 5.41) is 17.7. The van der Waals surface area contributed by atoms with Crippen molar-refractivity contribution in [1.82, 2.24) is 4.90 Å². The minimum absolute atomic E-state index is 0.231. The number of likely N-dealkylation sites (N-methyl/N-ethyl adjacent to an activating group) is 1. The van der Waals surface area contributed by atoms with E-state index in [0.29, 0.717) is 22.4 Å². The van der Waals surface area contributed by atoms with Crippen LogP contribution in [0.1, 0.15) is 12.8 Å². The van der Waals surface area contributed by atoms with E-state index < -0.39 is 12.1 Å². The summed E-state index contributed by atoms with van der Waals surface area (Å²) < 4.78 is 31.7. The highest BCUT2D eigenvalue weighted by Crippen LogP contribution is 2.41. The van der Waals surface area contributed by atoms with E-state index >= 15 is 0 Å². The van der Waals surface area contributed by atoms with Crippen molar-refractivity contribution in [2.45, 2.75) is 41.2 Å². The number of halogens is 4. The molecule has 138 valence electrons. The van der Waals surface area contributed by atoms with E-state index in [0.717, 1.165) is 4.90 Å². The lowest BCUT2D eigenvalue weighted by Crippen LogP contribution is -2.41. The number of rotatable bonds is 2. The van der Waals surface area contributed by atoms with Crippen molar-refractivity contribution in [2.75, 3.05) is 7.05 Å². The van der Waals surface area contributed by atoms with Crippen molar-refractivity contribution in [2.24, 2.45) is 0 Å². The van der Waals surface area contributed by atoms with Gasteiger partial charge in [0, 0.05) is 22.2 Å². The van der Waals surface area contributed by atoms with E-state index in [4.69, 9.17) is 21.5 Å². The van der Waals surface area contributed by atoms with Crippen LogP contribution in [0.2, 0.25) is 5.02 Å². The van der Waals surface area contributed by atoms with Gasteiger partial charge in [-0.3, -0.25) is 4.90 Å². The second-order valence-electron chi connectivity index (χ2n) is 5.81. The first-order valence-corrected chi connectivity index (χ1v) is 8.69. The standard InChI is InChI=1S/C14H16ClNOS.C2HF3O2/c1-16-9-2-3-10(16)7-12(6-9)18-14-5-4-11(17)8-13(14)15;3-2(4,5)1(6)7/h2-5,8-10,12,17H,6-7H2,1H3;(H,6,7)/t9-,10+,12?;. The van der Waals surface area contributed by atoms with Gasteiger partial charge in [-0.25, -0.2) is 4.79 Å². The second-order valence-corrected chi connectivity index (χ2v) is 7.56. The molecule has 0 spiro atoms. The largest absolute Gasteiger partial charge is 0.508 e. The molecule has 1 aromatic carbocycles. The SMILES string of the molecule is CN1[C@@H]2C=C[C@H]1CC(Sc1ccc(O)cc1Cl)C2.O=C(O)C(F)(F)F. The Labute approximate surface area is 152 Å². The quantitative estimate of drug-likeness (QED) is 0.736. The molecule has 9 heteroatoms. The van der Waals surface area contributed by atoms with Gasteiger partial charge in [-0.1, -0.05) is 23.8 Å². The van der Waals surface area contributed by atoms with Gasteiger partial charge in [-0.2, -0.15) is 13.2 Å². The minimum Gasteiger partial charge on any atom is -0.508 e. The van der Waals surface area contributed by atoms with Gasteiger partial charge in [0.1, 0.15) is 5.75 Å². The molecule has 2 heterocycles. The normalized spacial score (nSPS) is 25.4. The third-order valence-corrected chi connectivity index (χ3v) is 5.81. The molecule has 0 amide bonds. The van der Waals surface area contributed by atoms with Gasteiger partial charge in [0.05, 0.1) is 5.02 Å². The molecule has 0 aromatic heterocycles. The molecule has 2 N–H and O–H groups in total. The number of carboxylic acid groups (broad SMARTS) is 1. The zero-order chi connectivity index (χ0) is 18.8. The lowest BCUT2D eigenvalue weighted by molar-refractivity contribution is -0.192. The smallest absolute Gasteiger partial charge is 0.490 e. The van der Waals surface area contributed by atoms with Crippen LogP contribution in [-0.4, -0.2) is 51.6 Å². The first kappa shape index (κ1) is 19.9. The average Bonchev–Trinajstić information content (AvgIpc) is 2.72. The number of hydrogen-bond donors (Lipinski definition) is 2. The average molecular weight is 396 g/mol. The monoisotopic (exact) mass is 395 g/mol.